The molecule has 2 rings (SSSR count). The van der Waals surface area contributed by atoms with Crippen LogP contribution in [0.3, 0.4) is 0 Å². The summed E-state index contributed by atoms with van der Waals surface area (Å²) < 4.78 is 1.58. The molecule has 8 nitrogen and oxygen atoms in total. The minimum atomic E-state index is -0.254. The van der Waals surface area contributed by atoms with Crippen LogP contribution in [0.25, 0.3) is 0 Å². The number of nitrogens with zero attached hydrogens (tertiary/aromatic N) is 5. The van der Waals surface area contributed by atoms with E-state index in [1.165, 1.54) is 11.3 Å². The van der Waals surface area contributed by atoms with Crippen LogP contribution in [0, 0.1) is 0 Å². The molecule has 2 heterocycles. The van der Waals surface area contributed by atoms with Crippen molar-refractivity contribution in [2.24, 2.45) is 7.05 Å². The Balaban J connectivity index is 2.05. The molecule has 0 aliphatic rings. The fourth-order valence-electron chi connectivity index (χ4n) is 1.82. The number of amides is 1. The predicted molar refractivity (Wildman–Crippen MR) is 82.3 cm³/mol. The summed E-state index contributed by atoms with van der Waals surface area (Å²) in [5.74, 6) is 0.558. The number of carbonyl (C=O) groups excluding carboxylic acids is 1. The first-order valence-electron chi connectivity index (χ1n) is 6.69. The maximum Gasteiger partial charge on any atom is 0.265 e. The summed E-state index contributed by atoms with van der Waals surface area (Å²) in [5.41, 5.74) is 5.84. The number of thiazole rings is 1. The van der Waals surface area contributed by atoms with Crippen molar-refractivity contribution in [3.05, 3.63) is 17.0 Å². The lowest BCUT2D eigenvalue weighted by molar-refractivity contribution is 0.0954. The van der Waals surface area contributed by atoms with E-state index in [-0.39, 0.29) is 18.3 Å². The molecule has 9 heteroatoms. The average Bonchev–Trinajstić information content (AvgIpc) is 3.04. The quantitative estimate of drug-likeness (QED) is 0.811. The van der Waals surface area contributed by atoms with E-state index in [0.717, 1.165) is 18.2 Å². The van der Waals surface area contributed by atoms with E-state index in [9.17, 15) is 4.79 Å². The van der Waals surface area contributed by atoms with Gasteiger partial charge < -0.3 is 16.0 Å². The topological polar surface area (TPSA) is 102 Å². The second-order valence-corrected chi connectivity index (χ2v) is 5.38. The molecule has 21 heavy (non-hydrogen) atoms. The minimum absolute atomic E-state index is 0.254. The molecule has 0 bridgehead atoms. The van der Waals surface area contributed by atoms with E-state index in [2.05, 4.69) is 25.3 Å². The Bertz CT molecular complexity index is 617. The Kier molecular flexibility index (Phi) is 4.73. The molecule has 1 amide bonds. The first-order valence-corrected chi connectivity index (χ1v) is 7.50. The third-order valence-corrected chi connectivity index (χ3v) is 4.07. The van der Waals surface area contributed by atoms with Gasteiger partial charge >= 0.3 is 0 Å². The lowest BCUT2D eigenvalue weighted by Gasteiger charge is -2.16. The molecule has 0 fully saturated rings. The molecular formula is C12H19N7OS. The number of rotatable bonds is 6. The largest absolute Gasteiger partial charge is 0.382 e. The molecule has 0 spiro atoms. The van der Waals surface area contributed by atoms with Crippen LogP contribution in [-0.4, -0.2) is 38.7 Å². The Morgan fingerprint density at radius 3 is 2.76 bits per heavy atom. The van der Waals surface area contributed by atoms with Crippen molar-refractivity contribution in [2.75, 3.05) is 23.7 Å². The first-order chi connectivity index (χ1) is 10.0. The van der Waals surface area contributed by atoms with Gasteiger partial charge in [-0.2, -0.15) is 5.10 Å². The minimum Gasteiger partial charge on any atom is -0.382 e. The average molecular weight is 309 g/mol. The summed E-state index contributed by atoms with van der Waals surface area (Å²) in [6, 6.07) is 0. The zero-order valence-electron chi connectivity index (χ0n) is 12.3. The molecule has 0 aromatic carbocycles. The third-order valence-electron chi connectivity index (χ3n) is 2.94. The third kappa shape index (κ3) is 3.48. The predicted octanol–water partition coefficient (Wildman–Crippen LogP) is 0.630. The van der Waals surface area contributed by atoms with Gasteiger partial charge in [-0.3, -0.25) is 9.48 Å². The summed E-state index contributed by atoms with van der Waals surface area (Å²) in [6.07, 6.45) is 1.58. The zero-order chi connectivity index (χ0) is 15.4. The van der Waals surface area contributed by atoms with Crippen molar-refractivity contribution < 1.29 is 4.79 Å². The van der Waals surface area contributed by atoms with E-state index in [4.69, 9.17) is 5.73 Å². The molecule has 2 aromatic rings. The maximum atomic E-state index is 12.2. The number of aromatic nitrogens is 4. The molecule has 0 aliphatic heterocycles. The highest BCUT2D eigenvalue weighted by Gasteiger charge is 2.18. The van der Waals surface area contributed by atoms with E-state index in [0.29, 0.717) is 10.7 Å². The summed E-state index contributed by atoms with van der Waals surface area (Å²) in [7, 11) is 1.77. The molecule has 0 unspecified atom stereocenters. The molecule has 0 aliphatic carbocycles. The molecule has 0 saturated carbocycles. The van der Waals surface area contributed by atoms with E-state index >= 15 is 0 Å². The first kappa shape index (κ1) is 15.2. The van der Waals surface area contributed by atoms with Gasteiger partial charge in [-0.15, -0.1) is 0 Å². The summed E-state index contributed by atoms with van der Waals surface area (Å²) >= 11 is 1.30. The van der Waals surface area contributed by atoms with E-state index in [1.807, 2.05) is 13.8 Å². The zero-order valence-corrected chi connectivity index (χ0v) is 13.1. The molecule has 114 valence electrons. The van der Waals surface area contributed by atoms with Gasteiger partial charge in [0.2, 0.25) is 0 Å². The Morgan fingerprint density at radius 1 is 1.48 bits per heavy atom. The van der Waals surface area contributed by atoms with Crippen molar-refractivity contribution in [1.82, 2.24) is 25.1 Å². The summed E-state index contributed by atoms with van der Waals surface area (Å²) in [5, 5.41) is 7.61. The number of nitrogens with one attached hydrogen (secondary N) is 1. The number of nitrogens with two attached hydrogens (primary N) is 1. The van der Waals surface area contributed by atoms with Gasteiger partial charge in [0.05, 0.1) is 6.54 Å². The molecule has 2 aromatic heterocycles. The van der Waals surface area contributed by atoms with Crippen molar-refractivity contribution >= 4 is 28.2 Å². The van der Waals surface area contributed by atoms with E-state index < -0.39 is 0 Å². The van der Waals surface area contributed by atoms with Crippen LogP contribution >= 0.6 is 11.3 Å². The standard InChI is InChI=1S/C12H19N7OS/c1-4-19(5-2)12-16-10(13)9(21-12)11(20)14-6-8-15-7-18(3)17-8/h7H,4-6,13H2,1-3H3,(H,14,20). The Hall–Kier alpha value is -2.16. The monoisotopic (exact) mass is 309 g/mol. The maximum absolute atomic E-state index is 12.2. The van der Waals surface area contributed by atoms with Gasteiger partial charge in [0, 0.05) is 20.1 Å². The fraction of sp³-hybridized carbons (Fsp3) is 0.500. The lowest BCUT2D eigenvalue weighted by Crippen LogP contribution is -2.23. The molecule has 0 atom stereocenters. The number of anilines is 2. The molecular weight excluding hydrogens is 290 g/mol. The molecule has 0 radical (unpaired) electrons. The van der Waals surface area contributed by atoms with Gasteiger partial charge in [0.15, 0.2) is 11.0 Å². The van der Waals surface area contributed by atoms with Gasteiger partial charge in [-0.05, 0) is 13.8 Å². The van der Waals surface area contributed by atoms with Crippen LogP contribution in [0.2, 0.25) is 0 Å². The highest BCUT2D eigenvalue weighted by Crippen LogP contribution is 2.27. The van der Waals surface area contributed by atoms with Crippen molar-refractivity contribution in [3.8, 4) is 0 Å². The van der Waals surface area contributed by atoms with Crippen molar-refractivity contribution in [2.45, 2.75) is 20.4 Å². The van der Waals surface area contributed by atoms with Crippen molar-refractivity contribution in [1.29, 1.82) is 0 Å². The normalized spacial score (nSPS) is 10.6. The van der Waals surface area contributed by atoms with Crippen LogP contribution in [0.1, 0.15) is 29.3 Å². The van der Waals surface area contributed by atoms with Crippen LogP contribution in [0.15, 0.2) is 6.33 Å². The number of aryl methyl sites for hydroxylation is 1. The van der Waals surface area contributed by atoms with Gasteiger partial charge in [0.25, 0.3) is 5.91 Å². The van der Waals surface area contributed by atoms with Gasteiger partial charge in [0.1, 0.15) is 17.0 Å². The number of hydrogen-bond acceptors (Lipinski definition) is 7. The highest BCUT2D eigenvalue weighted by molar-refractivity contribution is 7.18. The van der Waals surface area contributed by atoms with Gasteiger partial charge in [-0.1, -0.05) is 11.3 Å². The van der Waals surface area contributed by atoms with Crippen LogP contribution in [0.5, 0.6) is 0 Å². The fourth-order valence-corrected chi connectivity index (χ4v) is 2.85. The van der Waals surface area contributed by atoms with Crippen LogP contribution in [0.4, 0.5) is 10.9 Å². The summed E-state index contributed by atoms with van der Waals surface area (Å²) in [6.45, 7) is 5.98. The summed E-state index contributed by atoms with van der Waals surface area (Å²) in [4.78, 5) is 22.9. The molecule has 3 N–H and O–H groups in total. The van der Waals surface area contributed by atoms with E-state index in [1.54, 1.807) is 18.1 Å². The second kappa shape index (κ2) is 6.53. The second-order valence-electron chi connectivity index (χ2n) is 4.40. The lowest BCUT2D eigenvalue weighted by atomic mass is 10.4. The number of hydrogen-bond donors (Lipinski definition) is 2. The van der Waals surface area contributed by atoms with Crippen molar-refractivity contribution in [3.63, 3.8) is 0 Å². The Labute approximate surface area is 127 Å². The van der Waals surface area contributed by atoms with Gasteiger partial charge in [-0.25, -0.2) is 9.97 Å². The molecule has 0 saturated heterocycles. The number of nitrogen functional groups attached to an aromatic ring is 1. The highest BCUT2D eigenvalue weighted by atomic mass is 32.1. The smallest absolute Gasteiger partial charge is 0.265 e. The number of carbonyl (C=O) groups is 1. The van der Waals surface area contributed by atoms with Crippen LogP contribution < -0.4 is 16.0 Å². The SMILES string of the molecule is CCN(CC)c1nc(N)c(C(=O)NCc2ncn(C)n2)s1. The van der Waals surface area contributed by atoms with Crippen LogP contribution in [-0.2, 0) is 13.6 Å². The Morgan fingerprint density at radius 2 is 2.19 bits per heavy atom.